The molecule has 1 N–H and O–H groups in total. The number of benzene rings is 1. The number of ketones is 1. The van der Waals surface area contributed by atoms with Crippen molar-refractivity contribution in [3.8, 4) is 5.75 Å². The van der Waals surface area contributed by atoms with Crippen LogP contribution in [0.4, 0.5) is 4.39 Å². The van der Waals surface area contributed by atoms with Crippen molar-refractivity contribution in [2.75, 3.05) is 0 Å². The molecule has 0 bridgehead atoms. The fourth-order valence-corrected chi connectivity index (χ4v) is 1.17. The highest BCUT2D eigenvalue weighted by Gasteiger charge is 2.13. The number of Topliss-reactive ketones (excluding diaryl/α,β-unsaturated/α-hetero) is 1. The first kappa shape index (κ1) is 12.6. The van der Waals surface area contributed by atoms with Gasteiger partial charge in [0.25, 0.3) is 0 Å². The molecule has 88 valence electrons. The molecule has 0 heterocycles. The maximum Gasteiger partial charge on any atom is 0.162 e. The van der Waals surface area contributed by atoms with Crippen molar-refractivity contribution in [1.29, 1.82) is 0 Å². The first-order valence-electron chi connectivity index (χ1n) is 5.07. The van der Waals surface area contributed by atoms with Gasteiger partial charge in [-0.3, -0.25) is 4.79 Å². The van der Waals surface area contributed by atoms with Gasteiger partial charge in [-0.1, -0.05) is 0 Å². The van der Waals surface area contributed by atoms with Gasteiger partial charge in [0, 0.05) is 6.07 Å². The number of ether oxygens (including phenoxy) is 1. The van der Waals surface area contributed by atoms with E-state index in [1.807, 2.05) is 0 Å². The van der Waals surface area contributed by atoms with Gasteiger partial charge in [0.05, 0.1) is 11.7 Å². The second-order valence-electron chi connectivity index (χ2n) is 3.76. The highest BCUT2D eigenvalue weighted by atomic mass is 19.1. The highest BCUT2D eigenvalue weighted by molar-refractivity contribution is 5.94. The molecule has 0 radical (unpaired) electrons. The van der Waals surface area contributed by atoms with E-state index >= 15 is 0 Å². The minimum Gasteiger partial charge on any atom is -0.488 e. The van der Waals surface area contributed by atoms with Crippen LogP contribution in [0.2, 0.25) is 0 Å². The SMILES string of the molecule is CC(=O)c1ccc(OC(C)C(C)O)cc1F. The van der Waals surface area contributed by atoms with Crippen LogP contribution >= 0.6 is 0 Å². The van der Waals surface area contributed by atoms with Gasteiger partial charge in [-0.15, -0.1) is 0 Å². The fourth-order valence-electron chi connectivity index (χ4n) is 1.17. The van der Waals surface area contributed by atoms with Gasteiger partial charge >= 0.3 is 0 Å². The van der Waals surface area contributed by atoms with Crippen LogP contribution in [0, 0.1) is 5.82 Å². The minimum atomic E-state index is -0.643. The first-order valence-corrected chi connectivity index (χ1v) is 5.07. The largest absolute Gasteiger partial charge is 0.488 e. The van der Waals surface area contributed by atoms with Gasteiger partial charge in [0.15, 0.2) is 5.78 Å². The molecule has 0 saturated heterocycles. The normalized spacial score (nSPS) is 14.3. The zero-order valence-corrected chi connectivity index (χ0v) is 9.53. The number of aliphatic hydroxyl groups excluding tert-OH is 1. The lowest BCUT2D eigenvalue weighted by atomic mass is 10.1. The molecule has 0 saturated carbocycles. The molecule has 3 nitrogen and oxygen atoms in total. The lowest BCUT2D eigenvalue weighted by Gasteiger charge is -2.17. The predicted octanol–water partition coefficient (Wildman–Crippen LogP) is 2.18. The maximum atomic E-state index is 13.4. The maximum absolute atomic E-state index is 13.4. The fraction of sp³-hybridized carbons (Fsp3) is 0.417. The van der Waals surface area contributed by atoms with Gasteiger partial charge in [-0.2, -0.15) is 0 Å². The van der Waals surface area contributed by atoms with Crippen LogP contribution in [0.1, 0.15) is 31.1 Å². The van der Waals surface area contributed by atoms with Crippen LogP contribution in [0.5, 0.6) is 5.75 Å². The molecule has 1 aromatic carbocycles. The van der Waals surface area contributed by atoms with Crippen LogP contribution in [-0.2, 0) is 0 Å². The van der Waals surface area contributed by atoms with Crippen molar-refractivity contribution < 1.29 is 19.0 Å². The third-order valence-electron chi connectivity index (χ3n) is 2.32. The number of carbonyl (C=O) groups is 1. The van der Waals surface area contributed by atoms with E-state index < -0.39 is 18.0 Å². The molecule has 0 aliphatic rings. The smallest absolute Gasteiger partial charge is 0.162 e. The Labute approximate surface area is 93.9 Å². The zero-order chi connectivity index (χ0) is 12.3. The van der Waals surface area contributed by atoms with Crippen LogP contribution in [0.15, 0.2) is 18.2 Å². The lowest BCUT2D eigenvalue weighted by Crippen LogP contribution is -2.25. The van der Waals surface area contributed by atoms with Crippen LogP contribution < -0.4 is 4.74 Å². The molecular weight excluding hydrogens is 211 g/mol. The van der Waals surface area contributed by atoms with Crippen molar-refractivity contribution >= 4 is 5.78 Å². The lowest BCUT2D eigenvalue weighted by molar-refractivity contribution is 0.0602. The van der Waals surface area contributed by atoms with Gasteiger partial charge in [0.2, 0.25) is 0 Å². The third-order valence-corrected chi connectivity index (χ3v) is 2.32. The van der Waals surface area contributed by atoms with Crippen LogP contribution in [0.3, 0.4) is 0 Å². The summed E-state index contributed by atoms with van der Waals surface area (Å²) in [6.45, 7) is 4.57. The van der Waals surface area contributed by atoms with E-state index in [1.165, 1.54) is 19.1 Å². The Kier molecular flexibility index (Phi) is 4.01. The van der Waals surface area contributed by atoms with E-state index in [0.717, 1.165) is 6.07 Å². The van der Waals surface area contributed by atoms with E-state index in [2.05, 4.69) is 0 Å². The second kappa shape index (κ2) is 5.07. The Hall–Kier alpha value is -1.42. The van der Waals surface area contributed by atoms with E-state index in [0.29, 0.717) is 5.75 Å². The Bertz CT molecular complexity index is 388. The minimum absolute atomic E-state index is 0.0389. The van der Waals surface area contributed by atoms with Crippen molar-refractivity contribution in [2.45, 2.75) is 33.0 Å². The van der Waals surface area contributed by atoms with E-state index in [1.54, 1.807) is 13.8 Å². The van der Waals surface area contributed by atoms with Crippen molar-refractivity contribution in [2.24, 2.45) is 0 Å². The molecule has 0 amide bonds. The number of rotatable bonds is 4. The number of aliphatic hydroxyl groups is 1. The quantitative estimate of drug-likeness (QED) is 0.800. The zero-order valence-electron chi connectivity index (χ0n) is 9.53. The average molecular weight is 226 g/mol. The Balaban J connectivity index is 2.85. The summed E-state index contributed by atoms with van der Waals surface area (Å²) >= 11 is 0. The van der Waals surface area contributed by atoms with Gasteiger partial charge in [-0.25, -0.2) is 4.39 Å². The van der Waals surface area contributed by atoms with Gasteiger partial charge < -0.3 is 9.84 Å². The number of carbonyl (C=O) groups excluding carboxylic acids is 1. The van der Waals surface area contributed by atoms with E-state index in [-0.39, 0.29) is 11.3 Å². The molecule has 0 aliphatic carbocycles. The van der Waals surface area contributed by atoms with Crippen LogP contribution in [-0.4, -0.2) is 23.1 Å². The molecule has 16 heavy (non-hydrogen) atoms. The first-order chi connectivity index (χ1) is 7.41. The van der Waals surface area contributed by atoms with Crippen molar-refractivity contribution in [3.63, 3.8) is 0 Å². The van der Waals surface area contributed by atoms with E-state index in [9.17, 15) is 14.3 Å². The number of hydrogen-bond acceptors (Lipinski definition) is 3. The number of halogens is 1. The predicted molar refractivity (Wildman–Crippen MR) is 58.2 cm³/mol. The Morgan fingerprint density at radius 1 is 1.44 bits per heavy atom. The molecule has 4 heteroatoms. The summed E-state index contributed by atoms with van der Waals surface area (Å²) in [4.78, 5) is 11.0. The second-order valence-corrected chi connectivity index (χ2v) is 3.76. The molecule has 0 fully saturated rings. The summed E-state index contributed by atoms with van der Waals surface area (Å²) in [5.74, 6) is -0.633. The standard InChI is InChI=1S/C12H15FO3/c1-7(14)9(3)16-10-4-5-11(8(2)15)12(13)6-10/h4-7,9,14H,1-3H3. The summed E-state index contributed by atoms with van der Waals surface area (Å²) in [5, 5.41) is 9.22. The van der Waals surface area contributed by atoms with E-state index in [4.69, 9.17) is 4.74 Å². The molecule has 2 atom stereocenters. The molecular formula is C12H15FO3. The van der Waals surface area contributed by atoms with Gasteiger partial charge in [-0.05, 0) is 32.9 Å². The number of hydrogen-bond donors (Lipinski definition) is 1. The summed E-state index contributed by atoms with van der Waals surface area (Å²) in [6.07, 6.45) is -1.07. The monoisotopic (exact) mass is 226 g/mol. The van der Waals surface area contributed by atoms with Crippen molar-refractivity contribution in [3.05, 3.63) is 29.6 Å². The van der Waals surface area contributed by atoms with Crippen LogP contribution in [0.25, 0.3) is 0 Å². The summed E-state index contributed by atoms with van der Waals surface area (Å²) in [7, 11) is 0. The molecule has 0 spiro atoms. The van der Waals surface area contributed by atoms with Crippen molar-refractivity contribution in [1.82, 2.24) is 0 Å². The Morgan fingerprint density at radius 3 is 2.50 bits per heavy atom. The molecule has 1 aromatic rings. The average Bonchev–Trinajstić information content (AvgIpc) is 2.16. The summed E-state index contributed by atoms with van der Waals surface area (Å²) < 4.78 is 18.7. The summed E-state index contributed by atoms with van der Waals surface area (Å²) in [6, 6.07) is 4.04. The molecule has 0 aliphatic heterocycles. The highest BCUT2D eigenvalue weighted by Crippen LogP contribution is 2.18. The van der Waals surface area contributed by atoms with Gasteiger partial charge in [0.1, 0.15) is 17.7 Å². The topological polar surface area (TPSA) is 46.5 Å². The summed E-state index contributed by atoms with van der Waals surface area (Å²) in [5.41, 5.74) is 0.0389. The molecule has 1 rings (SSSR count). The molecule has 0 aromatic heterocycles. The molecule has 2 unspecified atom stereocenters. The third kappa shape index (κ3) is 3.03. The Morgan fingerprint density at radius 2 is 2.06 bits per heavy atom.